The monoisotopic (exact) mass is 254 g/mol. The average Bonchev–Trinajstić information content (AvgIpc) is 1.83. The molecule has 0 radical (unpaired) electrons. The Kier molecular flexibility index (Phi) is 2.29. The maximum absolute atomic E-state index is 5.79. The molecule has 0 amide bonds. The summed E-state index contributed by atoms with van der Waals surface area (Å²) in [5.74, 6) is 0. The van der Waals surface area contributed by atoms with Crippen molar-refractivity contribution in [3.8, 4) is 0 Å². The molecule has 0 aliphatic rings. The topological polar surface area (TPSA) is 3.88 Å². The third kappa shape index (κ3) is 1.55. The number of hydrogen-bond donors (Lipinski definition) is 0. The summed E-state index contributed by atoms with van der Waals surface area (Å²) < 4.78 is 3.04. The molecule has 0 atom stereocenters. The largest absolute Gasteiger partial charge is 0.259 e. The molecule has 0 aliphatic heterocycles. The van der Waals surface area contributed by atoms with E-state index >= 15 is 0 Å². The lowest BCUT2D eigenvalue weighted by Gasteiger charge is -1.90. The van der Waals surface area contributed by atoms with E-state index in [2.05, 4.69) is 22.6 Å². The Morgan fingerprint density at radius 1 is 1.67 bits per heavy atom. The molecule has 1 aromatic rings. The van der Waals surface area contributed by atoms with Crippen molar-refractivity contribution < 1.29 is 4.57 Å². The molecule has 0 aliphatic carbocycles. The summed E-state index contributed by atoms with van der Waals surface area (Å²) in [5.41, 5.74) is 0. The highest BCUT2D eigenvalue weighted by molar-refractivity contribution is 14.1. The fourth-order valence-electron chi connectivity index (χ4n) is 0.559. The van der Waals surface area contributed by atoms with Gasteiger partial charge in [-0.25, -0.2) is 0 Å². The van der Waals surface area contributed by atoms with E-state index < -0.39 is 0 Å². The van der Waals surface area contributed by atoms with E-state index in [1.807, 2.05) is 29.9 Å². The Hall–Kier alpha value is 0.170. The maximum atomic E-state index is 5.79. The van der Waals surface area contributed by atoms with Crippen molar-refractivity contribution in [1.82, 2.24) is 0 Å². The lowest BCUT2D eigenvalue weighted by molar-refractivity contribution is -0.684. The summed E-state index contributed by atoms with van der Waals surface area (Å²) in [5, 5.41) is 0.806. The minimum Gasteiger partial charge on any atom is -0.195 e. The van der Waals surface area contributed by atoms with Gasteiger partial charge in [0.2, 0.25) is 0 Å². The van der Waals surface area contributed by atoms with Gasteiger partial charge in [-0.3, -0.25) is 0 Å². The molecule has 0 N–H and O–H groups in total. The molecule has 1 nitrogen and oxygen atoms in total. The Balaban J connectivity index is 3.25. The first-order valence-electron chi connectivity index (χ1n) is 2.51. The molecule has 3 heteroatoms. The van der Waals surface area contributed by atoms with Gasteiger partial charge in [0, 0.05) is 28.7 Å². The van der Waals surface area contributed by atoms with Gasteiger partial charge >= 0.3 is 0 Å². The molecular weight excluding hydrogens is 248 g/mol. The van der Waals surface area contributed by atoms with Crippen LogP contribution in [0.5, 0.6) is 0 Å². The molecule has 48 valence electrons. The Morgan fingerprint density at radius 2 is 2.33 bits per heavy atom. The molecule has 1 aromatic heterocycles. The van der Waals surface area contributed by atoms with Crippen LogP contribution in [0, 0.1) is 3.70 Å². The maximum Gasteiger partial charge on any atom is 0.259 e. The van der Waals surface area contributed by atoms with Crippen molar-refractivity contribution in [2.75, 3.05) is 0 Å². The first-order valence-corrected chi connectivity index (χ1v) is 3.97. The fourth-order valence-corrected chi connectivity index (χ4v) is 1.11. The summed E-state index contributed by atoms with van der Waals surface area (Å²) in [6.45, 7) is 0. The number of hydrogen-bond acceptors (Lipinski definition) is 0. The van der Waals surface area contributed by atoms with Crippen LogP contribution in [-0.2, 0) is 7.05 Å². The Labute approximate surface area is 72.8 Å². The molecule has 0 spiro atoms. The summed E-state index contributed by atoms with van der Waals surface area (Å²) in [7, 11) is 1.97. The number of rotatable bonds is 0. The second kappa shape index (κ2) is 2.84. The molecule has 0 saturated carbocycles. The van der Waals surface area contributed by atoms with Crippen LogP contribution in [0.15, 0.2) is 18.3 Å². The van der Waals surface area contributed by atoms with E-state index in [1.54, 1.807) is 0 Å². The van der Waals surface area contributed by atoms with Gasteiger partial charge in [-0.2, -0.15) is 4.57 Å². The molecule has 0 fully saturated rings. The van der Waals surface area contributed by atoms with E-state index in [4.69, 9.17) is 11.6 Å². The van der Waals surface area contributed by atoms with Gasteiger partial charge in [0.1, 0.15) is 12.1 Å². The second-order valence-corrected chi connectivity index (χ2v) is 3.19. The number of halogens is 2. The van der Waals surface area contributed by atoms with E-state index in [9.17, 15) is 0 Å². The van der Waals surface area contributed by atoms with Gasteiger partial charge in [0.25, 0.3) is 3.70 Å². The van der Waals surface area contributed by atoms with Gasteiger partial charge in [-0.15, -0.1) is 0 Å². The van der Waals surface area contributed by atoms with Crippen molar-refractivity contribution in [2.24, 2.45) is 7.05 Å². The van der Waals surface area contributed by atoms with Crippen molar-refractivity contribution in [3.63, 3.8) is 0 Å². The normalized spacial score (nSPS) is 9.67. The van der Waals surface area contributed by atoms with Crippen LogP contribution >= 0.6 is 34.2 Å². The molecule has 0 aromatic carbocycles. The lowest BCUT2D eigenvalue weighted by atomic mass is 10.5. The predicted molar refractivity (Wildman–Crippen MR) is 45.3 cm³/mol. The Morgan fingerprint density at radius 3 is 2.78 bits per heavy atom. The van der Waals surface area contributed by atoms with Gasteiger partial charge < -0.3 is 0 Å². The first-order chi connectivity index (χ1) is 4.22. The predicted octanol–water partition coefficient (Wildman–Crippen LogP) is 1.77. The van der Waals surface area contributed by atoms with E-state index in [-0.39, 0.29) is 0 Å². The van der Waals surface area contributed by atoms with Crippen molar-refractivity contribution in [1.29, 1.82) is 0 Å². The molecule has 0 bridgehead atoms. The molecule has 9 heavy (non-hydrogen) atoms. The standard InChI is InChI=1S/C6H6ClIN/c1-9-4-2-3-5(7)6(9)8/h2-4H,1H3/q+1. The minimum atomic E-state index is 0.806. The molecular formula is C6H6ClIN+. The van der Waals surface area contributed by atoms with Crippen LogP contribution in [0.25, 0.3) is 0 Å². The lowest BCUT2D eigenvalue weighted by Crippen LogP contribution is -2.31. The molecule has 1 heterocycles. The average molecular weight is 254 g/mol. The third-order valence-corrected chi connectivity index (χ3v) is 3.02. The molecule has 0 unspecified atom stereocenters. The van der Waals surface area contributed by atoms with Crippen LogP contribution in [0.4, 0.5) is 0 Å². The first kappa shape index (κ1) is 7.28. The number of aromatic nitrogens is 1. The fraction of sp³-hybridized carbons (Fsp3) is 0.167. The van der Waals surface area contributed by atoms with Gasteiger partial charge in [-0.05, 0) is 6.07 Å². The molecule has 0 saturated heterocycles. The minimum absolute atomic E-state index is 0.806. The summed E-state index contributed by atoms with van der Waals surface area (Å²) in [4.78, 5) is 0. The SMILES string of the molecule is C[n+]1cccc(Cl)c1I. The van der Waals surface area contributed by atoms with Crippen LogP contribution in [0.1, 0.15) is 0 Å². The highest BCUT2D eigenvalue weighted by atomic mass is 127. The number of pyridine rings is 1. The number of nitrogens with zero attached hydrogens (tertiary/aromatic N) is 1. The highest BCUT2D eigenvalue weighted by Gasteiger charge is 2.04. The highest BCUT2D eigenvalue weighted by Crippen LogP contribution is 2.11. The van der Waals surface area contributed by atoms with Crippen molar-refractivity contribution in [2.45, 2.75) is 0 Å². The number of aryl methyl sites for hydroxylation is 1. The van der Waals surface area contributed by atoms with Gasteiger partial charge in [0.15, 0.2) is 6.20 Å². The van der Waals surface area contributed by atoms with Crippen LogP contribution < -0.4 is 4.57 Å². The Bertz CT molecular complexity index is 204. The quantitative estimate of drug-likeness (QED) is 0.377. The van der Waals surface area contributed by atoms with Gasteiger partial charge in [-0.1, -0.05) is 11.6 Å². The van der Waals surface area contributed by atoms with E-state index in [0.29, 0.717) is 0 Å². The zero-order valence-corrected chi connectivity index (χ0v) is 7.85. The second-order valence-electron chi connectivity index (χ2n) is 1.76. The summed E-state index contributed by atoms with van der Waals surface area (Å²) in [6.07, 6.45) is 1.97. The molecule has 1 rings (SSSR count). The smallest absolute Gasteiger partial charge is 0.195 e. The van der Waals surface area contributed by atoms with Crippen molar-refractivity contribution in [3.05, 3.63) is 27.1 Å². The zero-order chi connectivity index (χ0) is 6.85. The van der Waals surface area contributed by atoms with Crippen LogP contribution in [-0.4, -0.2) is 0 Å². The van der Waals surface area contributed by atoms with Crippen molar-refractivity contribution >= 4 is 34.2 Å². The third-order valence-electron chi connectivity index (χ3n) is 1.06. The van der Waals surface area contributed by atoms with Gasteiger partial charge in [0.05, 0.1) is 0 Å². The summed E-state index contributed by atoms with van der Waals surface area (Å²) in [6, 6.07) is 3.80. The summed E-state index contributed by atoms with van der Waals surface area (Å²) >= 11 is 7.99. The van der Waals surface area contributed by atoms with Crippen LogP contribution in [0.2, 0.25) is 5.02 Å². The van der Waals surface area contributed by atoms with E-state index in [0.717, 1.165) is 8.72 Å². The van der Waals surface area contributed by atoms with Crippen LogP contribution in [0.3, 0.4) is 0 Å². The van der Waals surface area contributed by atoms with E-state index in [1.165, 1.54) is 0 Å². The zero-order valence-electron chi connectivity index (χ0n) is 4.94.